The molecular formula is C17H18N8O2. The summed E-state index contributed by atoms with van der Waals surface area (Å²) in [4.78, 5) is 39.9. The van der Waals surface area contributed by atoms with Crippen LogP contribution < -0.4 is 22.1 Å². The third-order valence-electron chi connectivity index (χ3n) is 3.81. The summed E-state index contributed by atoms with van der Waals surface area (Å²) in [5, 5.41) is 5.90. The van der Waals surface area contributed by atoms with Gasteiger partial charge in [-0.1, -0.05) is 6.92 Å². The lowest BCUT2D eigenvalue weighted by Gasteiger charge is -2.15. The maximum atomic E-state index is 11.7. The second-order valence-electron chi connectivity index (χ2n) is 5.71. The van der Waals surface area contributed by atoms with Crippen LogP contribution in [0.1, 0.15) is 23.8 Å². The molecule has 0 bridgehead atoms. The van der Waals surface area contributed by atoms with E-state index in [-0.39, 0.29) is 17.3 Å². The predicted molar refractivity (Wildman–Crippen MR) is 100 cm³/mol. The van der Waals surface area contributed by atoms with E-state index in [0.717, 1.165) is 5.52 Å². The molecule has 0 aliphatic rings. The molecule has 2 aromatic heterocycles. The Bertz CT molecular complexity index is 1010. The highest BCUT2D eigenvalue weighted by Gasteiger charge is 2.17. The first-order valence-electron chi connectivity index (χ1n) is 8.18. The molecule has 1 aromatic carbocycles. The maximum Gasteiger partial charge on any atom is 0.271 e. The minimum atomic E-state index is -0.737. The molecule has 2 amide bonds. The highest BCUT2D eigenvalue weighted by Crippen LogP contribution is 2.22. The average Bonchev–Trinajstić information content (AvgIpc) is 2.65. The number of amides is 2. The largest absolute Gasteiger partial charge is 0.368 e. The van der Waals surface area contributed by atoms with Gasteiger partial charge in [0.1, 0.15) is 11.9 Å². The zero-order valence-electron chi connectivity index (χ0n) is 14.5. The first-order valence-corrected chi connectivity index (χ1v) is 8.18. The van der Waals surface area contributed by atoms with Gasteiger partial charge in [0.2, 0.25) is 5.91 Å². The van der Waals surface area contributed by atoms with Gasteiger partial charge in [-0.25, -0.2) is 9.97 Å². The zero-order valence-corrected chi connectivity index (χ0v) is 14.5. The van der Waals surface area contributed by atoms with Crippen molar-refractivity contribution in [3.8, 4) is 0 Å². The Hall–Kier alpha value is -3.82. The van der Waals surface area contributed by atoms with E-state index in [1.165, 1.54) is 6.20 Å². The molecule has 0 saturated heterocycles. The second-order valence-corrected chi connectivity index (χ2v) is 5.71. The van der Waals surface area contributed by atoms with Crippen molar-refractivity contribution in [3.05, 3.63) is 42.5 Å². The Balaban J connectivity index is 1.94. The van der Waals surface area contributed by atoms with Crippen LogP contribution in [0.5, 0.6) is 0 Å². The van der Waals surface area contributed by atoms with E-state index < -0.39 is 17.9 Å². The van der Waals surface area contributed by atoms with Crippen LogP contribution in [-0.2, 0) is 4.79 Å². The van der Waals surface area contributed by atoms with Gasteiger partial charge in [0.25, 0.3) is 5.91 Å². The van der Waals surface area contributed by atoms with E-state index in [1.807, 2.05) is 6.92 Å². The molecule has 0 spiro atoms. The van der Waals surface area contributed by atoms with Crippen LogP contribution in [-0.4, -0.2) is 37.8 Å². The van der Waals surface area contributed by atoms with Crippen molar-refractivity contribution in [1.82, 2.24) is 19.9 Å². The van der Waals surface area contributed by atoms with E-state index in [1.54, 1.807) is 30.6 Å². The zero-order chi connectivity index (χ0) is 19.4. The number of benzene rings is 1. The van der Waals surface area contributed by atoms with E-state index in [2.05, 4.69) is 30.6 Å². The number of aromatic nitrogens is 4. The van der Waals surface area contributed by atoms with Crippen LogP contribution in [0, 0.1) is 0 Å². The highest BCUT2D eigenvalue weighted by molar-refractivity contribution is 5.96. The monoisotopic (exact) mass is 366 g/mol. The topological polar surface area (TPSA) is 162 Å². The Morgan fingerprint density at radius 2 is 1.85 bits per heavy atom. The fourth-order valence-corrected chi connectivity index (χ4v) is 2.46. The van der Waals surface area contributed by atoms with Gasteiger partial charge in [-0.15, -0.1) is 0 Å². The van der Waals surface area contributed by atoms with E-state index in [9.17, 15) is 9.59 Å². The first-order chi connectivity index (χ1) is 13.0. The van der Waals surface area contributed by atoms with Crippen molar-refractivity contribution in [2.24, 2.45) is 11.5 Å². The van der Waals surface area contributed by atoms with Crippen molar-refractivity contribution in [2.45, 2.75) is 19.4 Å². The summed E-state index contributed by atoms with van der Waals surface area (Å²) in [5.41, 5.74) is 12.7. The molecule has 0 saturated carbocycles. The van der Waals surface area contributed by atoms with Gasteiger partial charge < -0.3 is 22.1 Å². The van der Waals surface area contributed by atoms with Gasteiger partial charge in [0.05, 0.1) is 17.2 Å². The fraction of sp³-hybridized carbons (Fsp3) is 0.176. The number of primary amides is 2. The number of carbonyl (C=O) groups excluding carboxylic acids is 2. The van der Waals surface area contributed by atoms with Crippen LogP contribution in [0.25, 0.3) is 11.0 Å². The third kappa shape index (κ3) is 4.06. The van der Waals surface area contributed by atoms with Crippen molar-refractivity contribution in [3.63, 3.8) is 0 Å². The lowest BCUT2D eigenvalue weighted by Crippen LogP contribution is -2.35. The summed E-state index contributed by atoms with van der Waals surface area (Å²) in [6.45, 7) is 1.81. The van der Waals surface area contributed by atoms with Gasteiger partial charge in [0, 0.05) is 18.1 Å². The molecular weight excluding hydrogens is 348 g/mol. The number of fused-ring (bicyclic) bond motifs is 1. The van der Waals surface area contributed by atoms with Crippen LogP contribution in [0.4, 0.5) is 17.3 Å². The Morgan fingerprint density at radius 3 is 2.52 bits per heavy atom. The molecule has 0 aliphatic carbocycles. The number of rotatable bonds is 7. The predicted octanol–water partition coefficient (Wildman–Crippen LogP) is 0.938. The van der Waals surface area contributed by atoms with Gasteiger partial charge in [-0.05, 0) is 24.6 Å². The minimum absolute atomic E-state index is 0.0353. The quantitative estimate of drug-likeness (QED) is 0.480. The molecule has 27 heavy (non-hydrogen) atoms. The number of anilines is 3. The SMILES string of the molecule is CCC(Nc1cnc(C(N)=O)c(Nc2ccc3nccnc3c2)n1)C(N)=O. The van der Waals surface area contributed by atoms with Crippen LogP contribution in [0.3, 0.4) is 0 Å². The molecule has 0 fully saturated rings. The summed E-state index contributed by atoms with van der Waals surface area (Å²) in [5.74, 6) is -0.816. The highest BCUT2D eigenvalue weighted by atomic mass is 16.1. The summed E-state index contributed by atoms with van der Waals surface area (Å²) < 4.78 is 0. The van der Waals surface area contributed by atoms with Gasteiger partial charge in [0.15, 0.2) is 11.5 Å². The number of nitrogens with two attached hydrogens (primary N) is 2. The van der Waals surface area contributed by atoms with Crippen LogP contribution >= 0.6 is 0 Å². The number of hydrogen-bond acceptors (Lipinski definition) is 8. The normalized spacial score (nSPS) is 11.7. The fourth-order valence-electron chi connectivity index (χ4n) is 2.46. The third-order valence-corrected chi connectivity index (χ3v) is 3.81. The maximum absolute atomic E-state index is 11.7. The molecule has 6 N–H and O–H groups in total. The van der Waals surface area contributed by atoms with Gasteiger partial charge >= 0.3 is 0 Å². The molecule has 10 nitrogen and oxygen atoms in total. The number of nitrogens with one attached hydrogen (secondary N) is 2. The van der Waals surface area contributed by atoms with Gasteiger partial charge in [-0.3, -0.25) is 19.6 Å². The summed E-state index contributed by atoms with van der Waals surface area (Å²) >= 11 is 0. The van der Waals surface area contributed by atoms with Gasteiger partial charge in [-0.2, -0.15) is 0 Å². The summed E-state index contributed by atoms with van der Waals surface area (Å²) in [6.07, 6.45) is 4.98. The molecule has 0 aliphatic heterocycles. The number of nitrogens with zero attached hydrogens (tertiary/aromatic N) is 4. The van der Waals surface area contributed by atoms with Crippen molar-refractivity contribution in [1.29, 1.82) is 0 Å². The van der Waals surface area contributed by atoms with E-state index in [4.69, 9.17) is 11.5 Å². The number of hydrogen-bond donors (Lipinski definition) is 4. The van der Waals surface area contributed by atoms with Crippen LogP contribution in [0.2, 0.25) is 0 Å². The molecule has 138 valence electrons. The molecule has 3 rings (SSSR count). The smallest absolute Gasteiger partial charge is 0.271 e. The molecule has 0 radical (unpaired) electrons. The molecule has 2 heterocycles. The lowest BCUT2D eigenvalue weighted by molar-refractivity contribution is -0.118. The molecule has 1 atom stereocenters. The molecule has 1 unspecified atom stereocenters. The molecule has 10 heteroatoms. The standard InChI is InChI=1S/C17H18N8O2/c1-2-10(15(18)26)24-13-8-22-14(16(19)27)17(25-13)23-9-3-4-11-12(7-9)21-6-5-20-11/h3-8,10H,2H2,1H3,(H2,18,26)(H2,19,27)(H2,23,24,25). The number of carbonyl (C=O) groups is 2. The van der Waals surface area contributed by atoms with Crippen molar-refractivity contribution in [2.75, 3.05) is 10.6 Å². The summed E-state index contributed by atoms with van der Waals surface area (Å²) in [6, 6.07) is 4.70. The Labute approximate surface area is 154 Å². The van der Waals surface area contributed by atoms with Crippen molar-refractivity contribution >= 4 is 40.2 Å². The van der Waals surface area contributed by atoms with Crippen LogP contribution in [0.15, 0.2) is 36.8 Å². The molecule has 3 aromatic rings. The Morgan fingerprint density at radius 1 is 1.11 bits per heavy atom. The summed E-state index contributed by atoms with van der Waals surface area (Å²) in [7, 11) is 0. The first kappa shape index (κ1) is 18.0. The lowest BCUT2D eigenvalue weighted by atomic mass is 10.2. The van der Waals surface area contributed by atoms with E-state index >= 15 is 0 Å². The average molecular weight is 366 g/mol. The van der Waals surface area contributed by atoms with Crippen molar-refractivity contribution < 1.29 is 9.59 Å². The minimum Gasteiger partial charge on any atom is -0.368 e. The second kappa shape index (κ2) is 7.60. The Kier molecular flexibility index (Phi) is 5.06. The van der Waals surface area contributed by atoms with E-state index in [0.29, 0.717) is 17.6 Å².